The second-order valence-corrected chi connectivity index (χ2v) is 6.20. The molecular formula is C8H15NO3S2. The van der Waals surface area contributed by atoms with Crippen LogP contribution in [-0.2, 0) is 14.6 Å². The van der Waals surface area contributed by atoms with Crippen LogP contribution in [0.3, 0.4) is 0 Å². The van der Waals surface area contributed by atoms with Gasteiger partial charge in [-0.15, -0.1) is 0 Å². The van der Waals surface area contributed by atoms with Crippen LogP contribution in [0.2, 0.25) is 0 Å². The summed E-state index contributed by atoms with van der Waals surface area (Å²) in [7, 11) is -2.93. The highest BCUT2D eigenvalue weighted by Crippen LogP contribution is 2.12. The minimum absolute atomic E-state index is 0.00222. The normalized spacial score (nSPS) is 26.1. The van der Waals surface area contributed by atoms with Gasteiger partial charge in [0.1, 0.15) is 0 Å². The van der Waals surface area contributed by atoms with Crippen molar-refractivity contribution >= 4 is 28.4 Å². The van der Waals surface area contributed by atoms with Crippen LogP contribution in [0.5, 0.6) is 0 Å². The molecule has 0 aromatic heterocycles. The van der Waals surface area contributed by atoms with E-state index in [9.17, 15) is 13.2 Å². The summed E-state index contributed by atoms with van der Waals surface area (Å²) in [5, 5.41) is 0. The summed E-state index contributed by atoms with van der Waals surface area (Å²) in [5.41, 5.74) is 0. The third-order valence-electron chi connectivity index (χ3n) is 2.32. The van der Waals surface area contributed by atoms with Crippen LogP contribution in [0.15, 0.2) is 0 Å². The Kier molecular flexibility index (Phi) is 3.83. The SMILES string of the molecule is CC1CS(=O)(=O)CCN1C(=O)CCS. The van der Waals surface area contributed by atoms with E-state index in [0.29, 0.717) is 18.7 Å². The van der Waals surface area contributed by atoms with Crippen molar-refractivity contribution in [3.63, 3.8) is 0 Å². The van der Waals surface area contributed by atoms with Crippen LogP contribution >= 0.6 is 12.6 Å². The Labute approximate surface area is 90.0 Å². The Bertz CT molecular complexity index is 313. The fourth-order valence-corrected chi connectivity index (χ4v) is 3.36. The lowest BCUT2D eigenvalue weighted by atomic mass is 10.3. The van der Waals surface area contributed by atoms with E-state index in [2.05, 4.69) is 12.6 Å². The number of nitrogens with zero attached hydrogens (tertiary/aromatic N) is 1. The van der Waals surface area contributed by atoms with Gasteiger partial charge in [0.2, 0.25) is 5.91 Å². The van der Waals surface area contributed by atoms with Gasteiger partial charge in [-0.1, -0.05) is 0 Å². The van der Waals surface area contributed by atoms with Gasteiger partial charge in [-0.2, -0.15) is 12.6 Å². The number of hydrogen-bond acceptors (Lipinski definition) is 4. The van der Waals surface area contributed by atoms with E-state index in [1.807, 2.05) is 0 Å². The first-order valence-corrected chi connectivity index (χ1v) is 7.02. The Morgan fingerprint density at radius 1 is 1.57 bits per heavy atom. The van der Waals surface area contributed by atoms with Crippen LogP contribution < -0.4 is 0 Å². The molecule has 1 aliphatic heterocycles. The molecule has 1 rings (SSSR count). The monoisotopic (exact) mass is 237 g/mol. The summed E-state index contributed by atoms with van der Waals surface area (Å²) >= 11 is 3.98. The molecule has 0 aromatic carbocycles. The highest BCUT2D eigenvalue weighted by molar-refractivity contribution is 7.91. The molecule has 1 fully saturated rings. The van der Waals surface area contributed by atoms with Gasteiger partial charge in [-0.25, -0.2) is 8.42 Å². The molecule has 1 heterocycles. The second-order valence-electron chi connectivity index (χ2n) is 3.52. The maximum atomic E-state index is 11.5. The number of carbonyl (C=O) groups excluding carboxylic acids is 1. The molecular weight excluding hydrogens is 222 g/mol. The van der Waals surface area contributed by atoms with E-state index in [1.54, 1.807) is 11.8 Å². The summed E-state index contributed by atoms with van der Waals surface area (Å²) in [4.78, 5) is 13.1. The molecule has 0 saturated carbocycles. The predicted octanol–water partition coefficient (Wildman–Crippen LogP) is -0.0482. The van der Waals surface area contributed by atoms with Gasteiger partial charge < -0.3 is 4.90 Å². The zero-order chi connectivity index (χ0) is 10.8. The van der Waals surface area contributed by atoms with Crippen LogP contribution in [-0.4, -0.2) is 49.1 Å². The summed E-state index contributed by atoms with van der Waals surface area (Å²) in [5.74, 6) is 0.692. The van der Waals surface area contributed by atoms with Crippen molar-refractivity contribution in [3.05, 3.63) is 0 Å². The van der Waals surface area contributed by atoms with Crippen LogP contribution in [0.4, 0.5) is 0 Å². The van der Waals surface area contributed by atoms with Crippen molar-refractivity contribution in [2.75, 3.05) is 23.8 Å². The lowest BCUT2D eigenvalue weighted by Crippen LogP contribution is -2.49. The molecule has 82 valence electrons. The average molecular weight is 237 g/mol. The van der Waals surface area contributed by atoms with Gasteiger partial charge in [0.05, 0.1) is 11.5 Å². The maximum absolute atomic E-state index is 11.5. The standard InChI is InChI=1S/C8H15NO3S2/c1-7-6-14(11,12)5-3-9(7)8(10)2-4-13/h7,13H,2-6H2,1H3. The first kappa shape index (κ1) is 11.8. The molecule has 1 atom stereocenters. The van der Waals surface area contributed by atoms with E-state index in [0.717, 1.165) is 0 Å². The van der Waals surface area contributed by atoms with E-state index >= 15 is 0 Å². The summed E-state index contributed by atoms with van der Waals surface area (Å²) in [6.07, 6.45) is 0.382. The molecule has 0 aromatic rings. The molecule has 0 aliphatic carbocycles. The number of amides is 1. The van der Waals surface area contributed by atoms with Gasteiger partial charge >= 0.3 is 0 Å². The first-order chi connectivity index (χ1) is 6.46. The molecule has 1 saturated heterocycles. The molecule has 14 heavy (non-hydrogen) atoms. The molecule has 0 spiro atoms. The molecule has 0 bridgehead atoms. The lowest BCUT2D eigenvalue weighted by Gasteiger charge is -2.33. The number of carbonyl (C=O) groups is 1. The summed E-state index contributed by atoms with van der Waals surface area (Å²) in [6.45, 7) is 2.10. The van der Waals surface area contributed by atoms with E-state index in [1.165, 1.54) is 0 Å². The molecule has 1 aliphatic rings. The molecule has 1 unspecified atom stereocenters. The van der Waals surface area contributed by atoms with Crippen LogP contribution in [0.25, 0.3) is 0 Å². The fourth-order valence-electron chi connectivity index (χ4n) is 1.61. The first-order valence-electron chi connectivity index (χ1n) is 4.57. The lowest BCUT2D eigenvalue weighted by molar-refractivity contribution is -0.132. The van der Waals surface area contributed by atoms with Crippen molar-refractivity contribution in [2.24, 2.45) is 0 Å². The van der Waals surface area contributed by atoms with Gasteiger partial charge in [0.25, 0.3) is 0 Å². The van der Waals surface area contributed by atoms with Crippen molar-refractivity contribution in [3.8, 4) is 0 Å². The van der Waals surface area contributed by atoms with Crippen molar-refractivity contribution in [1.82, 2.24) is 4.90 Å². The topological polar surface area (TPSA) is 54.5 Å². The van der Waals surface area contributed by atoms with E-state index < -0.39 is 9.84 Å². The molecule has 0 N–H and O–H groups in total. The Balaban J connectivity index is 2.62. The quantitative estimate of drug-likeness (QED) is 0.685. The van der Waals surface area contributed by atoms with Gasteiger partial charge in [-0.05, 0) is 12.7 Å². The Morgan fingerprint density at radius 3 is 2.71 bits per heavy atom. The smallest absolute Gasteiger partial charge is 0.223 e. The Hall–Kier alpha value is -0.230. The van der Waals surface area contributed by atoms with Gasteiger partial charge in [0, 0.05) is 19.0 Å². The predicted molar refractivity (Wildman–Crippen MR) is 58.3 cm³/mol. The number of rotatable bonds is 2. The zero-order valence-corrected chi connectivity index (χ0v) is 9.85. The summed E-state index contributed by atoms with van der Waals surface area (Å²) < 4.78 is 22.5. The third kappa shape index (κ3) is 2.88. The van der Waals surface area contributed by atoms with E-state index in [4.69, 9.17) is 0 Å². The summed E-state index contributed by atoms with van der Waals surface area (Å²) in [6, 6.07) is -0.193. The third-order valence-corrected chi connectivity index (χ3v) is 4.33. The van der Waals surface area contributed by atoms with Gasteiger partial charge in [0.15, 0.2) is 9.84 Å². The minimum atomic E-state index is -2.93. The zero-order valence-electron chi connectivity index (χ0n) is 8.14. The number of hydrogen-bond donors (Lipinski definition) is 1. The van der Waals surface area contributed by atoms with Crippen LogP contribution in [0, 0.1) is 0 Å². The van der Waals surface area contributed by atoms with E-state index in [-0.39, 0.29) is 23.5 Å². The number of thiol groups is 1. The fraction of sp³-hybridized carbons (Fsp3) is 0.875. The Morgan fingerprint density at radius 2 is 2.21 bits per heavy atom. The molecule has 0 radical (unpaired) electrons. The van der Waals surface area contributed by atoms with Crippen molar-refractivity contribution in [2.45, 2.75) is 19.4 Å². The minimum Gasteiger partial charge on any atom is -0.338 e. The maximum Gasteiger partial charge on any atom is 0.223 e. The highest BCUT2D eigenvalue weighted by Gasteiger charge is 2.30. The highest BCUT2D eigenvalue weighted by atomic mass is 32.2. The van der Waals surface area contributed by atoms with Crippen molar-refractivity contribution < 1.29 is 13.2 Å². The molecule has 1 amide bonds. The van der Waals surface area contributed by atoms with Gasteiger partial charge in [-0.3, -0.25) is 4.79 Å². The van der Waals surface area contributed by atoms with Crippen molar-refractivity contribution in [1.29, 1.82) is 0 Å². The average Bonchev–Trinajstić information content (AvgIpc) is 2.02. The largest absolute Gasteiger partial charge is 0.338 e. The molecule has 6 heteroatoms. The number of sulfone groups is 1. The second kappa shape index (κ2) is 4.53. The molecule has 4 nitrogen and oxygen atoms in total. The van der Waals surface area contributed by atoms with Crippen LogP contribution in [0.1, 0.15) is 13.3 Å².